The first-order valence-corrected chi connectivity index (χ1v) is 8.41. The van der Waals surface area contributed by atoms with Gasteiger partial charge in [0.05, 0.1) is 17.7 Å². The Balaban J connectivity index is 1.80. The highest BCUT2D eigenvalue weighted by atomic mass is 16.4. The molecular weight excluding hydrogens is 348 g/mol. The number of rotatable bonds is 6. The van der Waals surface area contributed by atoms with Crippen molar-refractivity contribution in [1.29, 1.82) is 5.26 Å². The molecule has 2 aromatic rings. The van der Waals surface area contributed by atoms with Gasteiger partial charge in [0, 0.05) is 11.7 Å². The molecule has 3 rings (SSSR count). The number of primary amides is 1. The number of carbonyl (C=O) groups is 2. The minimum absolute atomic E-state index is 0.169. The van der Waals surface area contributed by atoms with Gasteiger partial charge >= 0.3 is 5.97 Å². The lowest BCUT2D eigenvalue weighted by Crippen LogP contribution is -2.34. The molecule has 9 nitrogen and oxygen atoms in total. The second kappa shape index (κ2) is 7.70. The number of carbonyl (C=O) groups excluding carboxylic acids is 1. The van der Waals surface area contributed by atoms with Gasteiger partial charge in [-0.15, -0.1) is 0 Å². The van der Waals surface area contributed by atoms with Crippen molar-refractivity contribution in [2.24, 2.45) is 11.7 Å². The number of nitriles is 1. The molecule has 1 saturated carbocycles. The third-order valence-electron chi connectivity index (χ3n) is 4.50. The molecule has 0 bridgehead atoms. The molecule has 0 unspecified atom stereocenters. The molecular formula is C18H18N6O3. The summed E-state index contributed by atoms with van der Waals surface area (Å²) < 4.78 is 0. The number of hydrogen-bond acceptors (Lipinski definition) is 7. The molecule has 5 N–H and O–H groups in total. The number of anilines is 3. The van der Waals surface area contributed by atoms with Crippen LogP contribution in [0.1, 0.15) is 35.2 Å². The SMILES string of the molecule is N#Cc1cnc(Nc2ccc(C(=O)O)cc2)nc1N[C@@H]1CCC[C@@H]1C(N)=O. The van der Waals surface area contributed by atoms with E-state index in [1.165, 1.54) is 18.3 Å². The Morgan fingerprint density at radius 2 is 2.00 bits per heavy atom. The predicted molar refractivity (Wildman–Crippen MR) is 97.4 cm³/mol. The van der Waals surface area contributed by atoms with Crippen molar-refractivity contribution in [2.75, 3.05) is 10.6 Å². The molecule has 1 heterocycles. The zero-order valence-electron chi connectivity index (χ0n) is 14.3. The third kappa shape index (κ3) is 4.12. The van der Waals surface area contributed by atoms with Crippen LogP contribution >= 0.6 is 0 Å². The molecule has 0 spiro atoms. The molecule has 1 amide bonds. The van der Waals surface area contributed by atoms with Gasteiger partial charge in [0.25, 0.3) is 0 Å². The number of carboxylic acids is 1. The van der Waals surface area contributed by atoms with Crippen LogP contribution in [-0.2, 0) is 4.79 Å². The topological polar surface area (TPSA) is 154 Å². The van der Waals surface area contributed by atoms with Crippen LogP contribution < -0.4 is 16.4 Å². The lowest BCUT2D eigenvalue weighted by Gasteiger charge is -2.19. The van der Waals surface area contributed by atoms with E-state index in [2.05, 4.69) is 20.6 Å². The molecule has 0 saturated heterocycles. The standard InChI is InChI=1S/C18H18N6O3/c19-8-11-9-21-18(22-12-6-4-10(5-7-12)17(26)27)24-16(11)23-14-3-1-2-13(14)15(20)25/h4-7,9,13-14H,1-3H2,(H2,20,25)(H,26,27)(H2,21,22,23,24)/t13-,14+/m0/s1. The summed E-state index contributed by atoms with van der Waals surface area (Å²) in [5.41, 5.74) is 6.48. The fourth-order valence-electron chi connectivity index (χ4n) is 3.11. The van der Waals surface area contributed by atoms with Gasteiger partial charge in [0.15, 0.2) is 0 Å². The monoisotopic (exact) mass is 366 g/mol. The van der Waals surface area contributed by atoms with E-state index in [1.54, 1.807) is 12.1 Å². The van der Waals surface area contributed by atoms with E-state index >= 15 is 0 Å². The van der Waals surface area contributed by atoms with Crippen molar-refractivity contribution < 1.29 is 14.7 Å². The quantitative estimate of drug-likeness (QED) is 0.604. The average molecular weight is 366 g/mol. The van der Waals surface area contributed by atoms with Crippen LogP contribution in [0.2, 0.25) is 0 Å². The van der Waals surface area contributed by atoms with Gasteiger partial charge in [-0.25, -0.2) is 9.78 Å². The van der Waals surface area contributed by atoms with E-state index in [0.717, 1.165) is 12.8 Å². The largest absolute Gasteiger partial charge is 0.478 e. The van der Waals surface area contributed by atoms with E-state index < -0.39 is 5.97 Å². The second-order valence-electron chi connectivity index (χ2n) is 6.27. The summed E-state index contributed by atoms with van der Waals surface area (Å²) in [5.74, 6) is -1.10. The Labute approximate surface area is 155 Å². The summed E-state index contributed by atoms with van der Waals surface area (Å²) in [4.78, 5) is 30.9. The summed E-state index contributed by atoms with van der Waals surface area (Å²) >= 11 is 0. The Bertz CT molecular complexity index is 906. The van der Waals surface area contributed by atoms with Crippen LogP contribution in [0.25, 0.3) is 0 Å². The minimum atomic E-state index is -1.01. The Morgan fingerprint density at radius 3 is 2.63 bits per heavy atom. The van der Waals surface area contributed by atoms with Crippen LogP contribution in [-0.4, -0.2) is 33.0 Å². The van der Waals surface area contributed by atoms with Gasteiger partial charge in [0.1, 0.15) is 17.5 Å². The molecule has 0 aliphatic heterocycles. The first-order valence-electron chi connectivity index (χ1n) is 8.41. The van der Waals surface area contributed by atoms with Gasteiger partial charge in [-0.2, -0.15) is 10.2 Å². The highest BCUT2D eigenvalue weighted by Gasteiger charge is 2.32. The zero-order valence-corrected chi connectivity index (χ0v) is 14.3. The lowest BCUT2D eigenvalue weighted by molar-refractivity contribution is -0.121. The molecule has 27 heavy (non-hydrogen) atoms. The smallest absolute Gasteiger partial charge is 0.335 e. The van der Waals surface area contributed by atoms with Crippen LogP contribution in [0, 0.1) is 17.2 Å². The first kappa shape index (κ1) is 18.1. The van der Waals surface area contributed by atoms with Gasteiger partial charge in [0.2, 0.25) is 11.9 Å². The number of nitrogens with zero attached hydrogens (tertiary/aromatic N) is 3. The number of benzene rings is 1. The number of nitrogens with two attached hydrogens (primary N) is 1. The van der Waals surface area contributed by atoms with Gasteiger partial charge in [-0.3, -0.25) is 4.79 Å². The molecule has 1 aliphatic rings. The second-order valence-corrected chi connectivity index (χ2v) is 6.27. The van der Waals surface area contributed by atoms with Crippen molar-refractivity contribution in [2.45, 2.75) is 25.3 Å². The fourth-order valence-corrected chi connectivity index (χ4v) is 3.11. The van der Waals surface area contributed by atoms with Crippen LogP contribution in [0.15, 0.2) is 30.5 Å². The van der Waals surface area contributed by atoms with Crippen molar-refractivity contribution in [3.8, 4) is 6.07 Å². The number of nitrogens with one attached hydrogen (secondary N) is 2. The Morgan fingerprint density at radius 1 is 1.26 bits per heavy atom. The number of carboxylic acid groups (broad SMARTS) is 1. The molecule has 0 radical (unpaired) electrons. The third-order valence-corrected chi connectivity index (χ3v) is 4.50. The maximum absolute atomic E-state index is 11.6. The van der Waals surface area contributed by atoms with Crippen molar-refractivity contribution in [3.05, 3.63) is 41.6 Å². The fraction of sp³-hybridized carbons (Fsp3) is 0.278. The normalized spacial score (nSPS) is 18.5. The highest BCUT2D eigenvalue weighted by molar-refractivity contribution is 5.88. The number of hydrogen-bond donors (Lipinski definition) is 4. The summed E-state index contributed by atoms with van der Waals surface area (Å²) in [5, 5.41) is 24.3. The van der Waals surface area contributed by atoms with Crippen molar-refractivity contribution in [1.82, 2.24) is 9.97 Å². The molecule has 1 aromatic carbocycles. The predicted octanol–water partition coefficient (Wildman–Crippen LogP) is 1.86. The summed E-state index contributed by atoms with van der Waals surface area (Å²) in [7, 11) is 0. The molecule has 138 valence electrons. The molecule has 1 fully saturated rings. The van der Waals surface area contributed by atoms with Gasteiger partial charge < -0.3 is 21.5 Å². The van der Waals surface area contributed by atoms with Crippen molar-refractivity contribution in [3.63, 3.8) is 0 Å². The number of aromatic carboxylic acids is 1. The summed E-state index contributed by atoms with van der Waals surface area (Å²) in [6, 6.07) is 7.97. The first-order chi connectivity index (χ1) is 13.0. The lowest BCUT2D eigenvalue weighted by atomic mass is 10.0. The Kier molecular flexibility index (Phi) is 5.17. The van der Waals surface area contributed by atoms with E-state index in [4.69, 9.17) is 10.8 Å². The van der Waals surface area contributed by atoms with Crippen LogP contribution in [0.3, 0.4) is 0 Å². The maximum Gasteiger partial charge on any atom is 0.335 e. The van der Waals surface area contributed by atoms with E-state index in [1.807, 2.05) is 6.07 Å². The van der Waals surface area contributed by atoms with Crippen LogP contribution in [0.4, 0.5) is 17.5 Å². The van der Waals surface area contributed by atoms with Gasteiger partial charge in [-0.1, -0.05) is 6.42 Å². The molecule has 9 heteroatoms. The summed E-state index contributed by atoms with van der Waals surface area (Å²) in [6.45, 7) is 0. The molecule has 2 atom stereocenters. The zero-order chi connectivity index (χ0) is 19.4. The van der Waals surface area contributed by atoms with E-state index in [9.17, 15) is 14.9 Å². The van der Waals surface area contributed by atoms with E-state index in [0.29, 0.717) is 17.9 Å². The average Bonchev–Trinajstić information content (AvgIpc) is 3.11. The van der Waals surface area contributed by atoms with Crippen LogP contribution in [0.5, 0.6) is 0 Å². The molecule has 1 aliphatic carbocycles. The minimum Gasteiger partial charge on any atom is -0.478 e. The number of amides is 1. The van der Waals surface area contributed by atoms with Crippen molar-refractivity contribution >= 4 is 29.3 Å². The van der Waals surface area contributed by atoms with Gasteiger partial charge in [-0.05, 0) is 37.1 Å². The van der Waals surface area contributed by atoms with E-state index in [-0.39, 0.29) is 34.9 Å². The maximum atomic E-state index is 11.6. The summed E-state index contributed by atoms with van der Waals surface area (Å²) in [6.07, 6.45) is 3.74. The highest BCUT2D eigenvalue weighted by Crippen LogP contribution is 2.29. The Hall–Kier alpha value is -3.67. The number of aromatic nitrogens is 2. The molecule has 1 aromatic heterocycles.